The highest BCUT2D eigenvalue weighted by atomic mass is 35.5. The molecule has 2 heterocycles. The molecule has 0 spiro atoms. The Balaban J connectivity index is 2.35. The van der Waals surface area contributed by atoms with Crippen LogP contribution in [0.5, 0.6) is 0 Å². The first-order valence-electron chi connectivity index (χ1n) is 5.05. The minimum atomic E-state index is 0.389. The number of aliphatic imine (C=N–C) groups is 1. The Hall–Kier alpha value is -1.17. The van der Waals surface area contributed by atoms with Crippen molar-refractivity contribution in [1.82, 2.24) is 14.9 Å². The topological polar surface area (TPSA) is 41.4 Å². The number of rotatable bonds is 3. The summed E-state index contributed by atoms with van der Waals surface area (Å²) in [6, 6.07) is 3.56. The zero-order valence-corrected chi connectivity index (χ0v) is 12.1. The van der Waals surface area contributed by atoms with Gasteiger partial charge in [-0.25, -0.2) is 15.0 Å². The molecule has 0 bridgehead atoms. The van der Waals surface area contributed by atoms with Crippen molar-refractivity contribution >= 4 is 46.8 Å². The lowest BCUT2D eigenvalue weighted by atomic mass is 10.2. The van der Waals surface area contributed by atoms with Crippen molar-refractivity contribution in [3.05, 3.63) is 27.0 Å². The highest BCUT2D eigenvalue weighted by Gasteiger charge is 2.10. The Morgan fingerprint density at radius 3 is 2.78 bits per heavy atom. The first-order chi connectivity index (χ1) is 8.56. The summed E-state index contributed by atoms with van der Waals surface area (Å²) >= 11 is 13.3. The van der Waals surface area contributed by atoms with Gasteiger partial charge in [0.15, 0.2) is 0 Å². The molecule has 0 aliphatic heterocycles. The van der Waals surface area contributed by atoms with Crippen molar-refractivity contribution in [2.75, 3.05) is 14.1 Å². The van der Waals surface area contributed by atoms with Crippen molar-refractivity contribution in [1.29, 1.82) is 0 Å². The summed E-state index contributed by atoms with van der Waals surface area (Å²) in [7, 11) is 3.76. The average Bonchev–Trinajstić information content (AvgIpc) is 2.66. The summed E-state index contributed by atoms with van der Waals surface area (Å²) < 4.78 is 1.24. The number of halogens is 2. The molecule has 2 aromatic rings. The van der Waals surface area contributed by atoms with E-state index in [1.165, 1.54) is 11.3 Å². The van der Waals surface area contributed by atoms with Crippen LogP contribution in [0.25, 0.3) is 11.3 Å². The SMILES string of the molecule is CN(C)C=Nc1nccc(-c2cc(Cl)sc2Cl)n1. The molecule has 4 nitrogen and oxygen atoms in total. The quantitative estimate of drug-likeness (QED) is 0.640. The van der Waals surface area contributed by atoms with Gasteiger partial charge in [-0.2, -0.15) is 0 Å². The van der Waals surface area contributed by atoms with Gasteiger partial charge in [0.2, 0.25) is 0 Å². The lowest BCUT2D eigenvalue weighted by molar-refractivity contribution is 0.642. The molecular formula is C11H10Cl2N4S. The van der Waals surface area contributed by atoms with E-state index in [4.69, 9.17) is 23.2 Å². The molecule has 0 amide bonds. The van der Waals surface area contributed by atoms with E-state index in [0.717, 1.165) is 5.56 Å². The van der Waals surface area contributed by atoms with Crippen LogP contribution >= 0.6 is 34.5 Å². The molecule has 0 N–H and O–H groups in total. The van der Waals surface area contributed by atoms with Gasteiger partial charge in [-0.15, -0.1) is 11.3 Å². The van der Waals surface area contributed by atoms with E-state index in [2.05, 4.69) is 15.0 Å². The van der Waals surface area contributed by atoms with Crippen LogP contribution in [0.4, 0.5) is 5.95 Å². The van der Waals surface area contributed by atoms with Gasteiger partial charge in [0.1, 0.15) is 4.34 Å². The summed E-state index contributed by atoms with van der Waals surface area (Å²) in [6.45, 7) is 0. The third-order valence-corrected chi connectivity index (χ3v) is 3.47. The van der Waals surface area contributed by atoms with Crippen LogP contribution in [0.2, 0.25) is 8.67 Å². The number of hydrogen-bond donors (Lipinski definition) is 0. The molecule has 18 heavy (non-hydrogen) atoms. The molecule has 0 saturated carbocycles. The van der Waals surface area contributed by atoms with Gasteiger partial charge in [0.05, 0.1) is 16.4 Å². The summed E-state index contributed by atoms with van der Waals surface area (Å²) in [6.07, 6.45) is 3.29. The third kappa shape index (κ3) is 3.19. The lowest BCUT2D eigenvalue weighted by Crippen LogP contribution is -2.07. The monoisotopic (exact) mass is 300 g/mol. The molecule has 0 aliphatic rings. The number of hydrogen-bond acceptors (Lipinski definition) is 4. The molecule has 0 saturated heterocycles. The van der Waals surface area contributed by atoms with Crippen molar-refractivity contribution < 1.29 is 0 Å². The standard InChI is InChI=1S/C11H10Cl2N4S/c1-17(2)6-15-11-14-4-3-8(16-11)7-5-9(12)18-10(7)13/h3-6H,1-2H3. The van der Waals surface area contributed by atoms with Crippen LogP contribution in [0.1, 0.15) is 0 Å². The second-order valence-corrected chi connectivity index (χ2v) is 5.97. The molecule has 0 aliphatic carbocycles. The van der Waals surface area contributed by atoms with E-state index < -0.39 is 0 Å². The first kappa shape index (κ1) is 13.3. The van der Waals surface area contributed by atoms with Crippen LogP contribution in [-0.2, 0) is 0 Å². The van der Waals surface area contributed by atoms with E-state index in [-0.39, 0.29) is 0 Å². The Kier molecular flexibility index (Phi) is 4.16. The van der Waals surface area contributed by atoms with Crippen LogP contribution in [0, 0.1) is 0 Å². The van der Waals surface area contributed by atoms with Gasteiger partial charge in [-0.3, -0.25) is 0 Å². The summed E-state index contributed by atoms with van der Waals surface area (Å²) in [5.74, 6) is 0.389. The molecule has 0 aromatic carbocycles. The summed E-state index contributed by atoms with van der Waals surface area (Å²) in [5.41, 5.74) is 1.51. The van der Waals surface area contributed by atoms with Crippen LogP contribution in [-0.4, -0.2) is 35.3 Å². The fraction of sp³-hybridized carbons (Fsp3) is 0.182. The Bertz CT molecular complexity index is 580. The predicted molar refractivity (Wildman–Crippen MR) is 77.2 cm³/mol. The fourth-order valence-corrected chi connectivity index (χ4v) is 2.72. The van der Waals surface area contributed by atoms with E-state index in [1.54, 1.807) is 24.7 Å². The number of thiophene rings is 1. The van der Waals surface area contributed by atoms with Gasteiger partial charge in [0, 0.05) is 25.9 Å². The summed E-state index contributed by atoms with van der Waals surface area (Å²) in [4.78, 5) is 14.3. The van der Waals surface area contributed by atoms with Crippen molar-refractivity contribution in [3.63, 3.8) is 0 Å². The maximum Gasteiger partial charge on any atom is 0.251 e. The molecular weight excluding hydrogens is 291 g/mol. The average molecular weight is 301 g/mol. The Morgan fingerprint density at radius 2 is 2.17 bits per heavy atom. The van der Waals surface area contributed by atoms with Crippen LogP contribution in [0.3, 0.4) is 0 Å². The number of nitrogens with zero attached hydrogens (tertiary/aromatic N) is 4. The van der Waals surface area contributed by atoms with Gasteiger partial charge in [-0.1, -0.05) is 23.2 Å². The van der Waals surface area contributed by atoms with E-state index in [0.29, 0.717) is 20.3 Å². The summed E-state index contributed by atoms with van der Waals surface area (Å²) in [5, 5.41) is 0. The maximum atomic E-state index is 6.09. The lowest BCUT2D eigenvalue weighted by Gasteiger charge is -2.02. The minimum absolute atomic E-state index is 0.389. The van der Waals surface area contributed by atoms with Crippen LogP contribution in [0.15, 0.2) is 23.3 Å². The van der Waals surface area contributed by atoms with Crippen LogP contribution < -0.4 is 0 Å². The number of aromatic nitrogens is 2. The first-order valence-corrected chi connectivity index (χ1v) is 6.62. The molecule has 2 aromatic heterocycles. The second-order valence-electron chi connectivity index (χ2n) is 3.69. The molecule has 0 atom stereocenters. The van der Waals surface area contributed by atoms with Gasteiger partial charge in [0.25, 0.3) is 5.95 Å². The van der Waals surface area contributed by atoms with Crippen molar-refractivity contribution in [2.24, 2.45) is 4.99 Å². The van der Waals surface area contributed by atoms with E-state index >= 15 is 0 Å². The molecule has 7 heteroatoms. The molecule has 0 fully saturated rings. The fourth-order valence-electron chi connectivity index (χ4n) is 1.24. The van der Waals surface area contributed by atoms with E-state index in [1.807, 2.05) is 19.0 Å². The van der Waals surface area contributed by atoms with Crippen molar-refractivity contribution in [2.45, 2.75) is 0 Å². The highest BCUT2D eigenvalue weighted by molar-refractivity contribution is 7.20. The van der Waals surface area contributed by atoms with E-state index in [9.17, 15) is 0 Å². The zero-order valence-electron chi connectivity index (χ0n) is 9.76. The van der Waals surface area contributed by atoms with Gasteiger partial charge < -0.3 is 4.90 Å². The Morgan fingerprint density at radius 1 is 1.39 bits per heavy atom. The zero-order chi connectivity index (χ0) is 13.1. The predicted octanol–water partition coefficient (Wildman–Crippen LogP) is 3.73. The minimum Gasteiger partial charge on any atom is -0.369 e. The van der Waals surface area contributed by atoms with Gasteiger partial charge in [-0.05, 0) is 12.1 Å². The van der Waals surface area contributed by atoms with Gasteiger partial charge >= 0.3 is 0 Å². The third-order valence-electron chi connectivity index (χ3n) is 1.98. The maximum absolute atomic E-state index is 6.09. The Labute approximate surface area is 119 Å². The second kappa shape index (κ2) is 5.65. The normalized spacial score (nSPS) is 11.1. The van der Waals surface area contributed by atoms with Crippen molar-refractivity contribution in [3.8, 4) is 11.3 Å². The molecule has 0 radical (unpaired) electrons. The molecule has 2 rings (SSSR count). The largest absolute Gasteiger partial charge is 0.369 e. The highest BCUT2D eigenvalue weighted by Crippen LogP contribution is 2.37. The molecule has 94 valence electrons. The smallest absolute Gasteiger partial charge is 0.251 e. The molecule has 0 unspecified atom stereocenters.